The highest BCUT2D eigenvalue weighted by atomic mass is 16.7. The Morgan fingerprint density at radius 2 is 1.84 bits per heavy atom. The van der Waals surface area contributed by atoms with Gasteiger partial charge in [0.05, 0.1) is 17.9 Å². The van der Waals surface area contributed by atoms with Crippen LogP contribution in [0, 0.1) is 16.7 Å². The van der Waals surface area contributed by atoms with Crippen molar-refractivity contribution in [3.8, 4) is 0 Å². The van der Waals surface area contributed by atoms with E-state index in [1.807, 2.05) is 6.08 Å². The van der Waals surface area contributed by atoms with Crippen molar-refractivity contribution >= 4 is 11.8 Å². The van der Waals surface area contributed by atoms with E-state index < -0.39 is 16.6 Å². The number of carbonyl (C=O) groups is 2. The fraction of sp³-hybridized carbons (Fsp3) is 0.714. The van der Waals surface area contributed by atoms with Gasteiger partial charge in [0, 0.05) is 20.1 Å². The molecular formula is C14H20O5. The molecule has 0 amide bonds. The molecule has 0 saturated heterocycles. The monoisotopic (exact) mass is 268 g/mol. The van der Waals surface area contributed by atoms with Crippen LogP contribution in [-0.2, 0) is 23.8 Å². The van der Waals surface area contributed by atoms with Crippen molar-refractivity contribution in [2.75, 3.05) is 21.3 Å². The Labute approximate surface area is 112 Å². The number of hydrogen-bond donors (Lipinski definition) is 0. The molecule has 3 atom stereocenters. The van der Waals surface area contributed by atoms with Gasteiger partial charge in [0.15, 0.2) is 0 Å². The average molecular weight is 268 g/mol. The lowest BCUT2D eigenvalue weighted by Gasteiger charge is -2.56. The standard InChI is InChI=1S/C14H20O5/c1-12-7-6-9(8-13(12,2)11(16)17-3)14(18-4,19-5)10(12)15/h6-7,9H,8H2,1-5H3/t9-,12-,13-/m1/s1. The number of Topliss-reactive ketones (excluding diaryl/α,β-unsaturated/α-hetero) is 1. The normalized spacial score (nSPS) is 39.4. The van der Waals surface area contributed by atoms with Gasteiger partial charge in [-0.15, -0.1) is 0 Å². The summed E-state index contributed by atoms with van der Waals surface area (Å²) >= 11 is 0. The second kappa shape index (κ2) is 4.15. The first-order valence-electron chi connectivity index (χ1n) is 6.25. The van der Waals surface area contributed by atoms with Crippen molar-refractivity contribution in [2.24, 2.45) is 16.7 Å². The number of esters is 1. The smallest absolute Gasteiger partial charge is 0.312 e. The van der Waals surface area contributed by atoms with Crippen LogP contribution in [0.15, 0.2) is 12.2 Å². The first-order chi connectivity index (χ1) is 8.82. The number of carbonyl (C=O) groups excluding carboxylic acids is 2. The van der Waals surface area contributed by atoms with Crippen LogP contribution >= 0.6 is 0 Å². The van der Waals surface area contributed by atoms with Gasteiger partial charge in [-0.25, -0.2) is 0 Å². The van der Waals surface area contributed by atoms with Crippen molar-refractivity contribution in [1.82, 2.24) is 0 Å². The molecule has 0 unspecified atom stereocenters. The number of fused-ring (bicyclic) bond motifs is 2. The minimum Gasteiger partial charge on any atom is -0.469 e. The highest BCUT2D eigenvalue weighted by Crippen LogP contribution is 2.59. The second-order valence-electron chi connectivity index (χ2n) is 5.60. The molecule has 0 heterocycles. The van der Waals surface area contributed by atoms with Crippen LogP contribution in [0.1, 0.15) is 20.3 Å². The average Bonchev–Trinajstić information content (AvgIpc) is 2.42. The van der Waals surface area contributed by atoms with Gasteiger partial charge in [0.25, 0.3) is 0 Å². The van der Waals surface area contributed by atoms with Crippen LogP contribution in [0.3, 0.4) is 0 Å². The molecule has 3 rings (SSSR count). The summed E-state index contributed by atoms with van der Waals surface area (Å²) in [4.78, 5) is 24.9. The van der Waals surface area contributed by atoms with Crippen LogP contribution in [-0.4, -0.2) is 38.9 Å². The van der Waals surface area contributed by atoms with E-state index in [-0.39, 0.29) is 17.7 Å². The van der Waals surface area contributed by atoms with Gasteiger partial charge in [0.1, 0.15) is 0 Å². The minimum absolute atomic E-state index is 0.225. The topological polar surface area (TPSA) is 61.8 Å². The van der Waals surface area contributed by atoms with E-state index in [1.165, 1.54) is 21.3 Å². The fourth-order valence-electron chi connectivity index (χ4n) is 3.42. The van der Waals surface area contributed by atoms with Gasteiger partial charge in [-0.1, -0.05) is 12.2 Å². The van der Waals surface area contributed by atoms with E-state index >= 15 is 0 Å². The van der Waals surface area contributed by atoms with Gasteiger partial charge in [-0.2, -0.15) is 0 Å². The Bertz CT molecular complexity index is 451. The van der Waals surface area contributed by atoms with Crippen LogP contribution in [0.5, 0.6) is 0 Å². The zero-order chi connectivity index (χ0) is 14.5. The Morgan fingerprint density at radius 1 is 1.26 bits per heavy atom. The summed E-state index contributed by atoms with van der Waals surface area (Å²) < 4.78 is 15.6. The summed E-state index contributed by atoms with van der Waals surface area (Å²) in [7, 11) is 4.25. The predicted octanol–water partition coefficient (Wildman–Crippen LogP) is 1.32. The maximum Gasteiger partial charge on any atom is 0.312 e. The first kappa shape index (κ1) is 14.2. The lowest BCUT2D eigenvalue weighted by molar-refractivity contribution is -0.255. The van der Waals surface area contributed by atoms with Gasteiger partial charge in [0.2, 0.25) is 11.6 Å². The summed E-state index contributed by atoms with van der Waals surface area (Å²) in [6, 6.07) is 0. The van der Waals surface area contributed by atoms with Crippen LogP contribution in [0.4, 0.5) is 0 Å². The highest BCUT2D eigenvalue weighted by molar-refractivity contribution is 6.01. The number of ether oxygens (including phenoxy) is 3. The van der Waals surface area contributed by atoms with Gasteiger partial charge >= 0.3 is 5.97 Å². The number of methoxy groups -OCH3 is 3. The van der Waals surface area contributed by atoms with Crippen molar-refractivity contribution in [2.45, 2.75) is 26.1 Å². The molecule has 0 aromatic heterocycles. The highest BCUT2D eigenvalue weighted by Gasteiger charge is 2.69. The molecule has 0 aromatic rings. The molecule has 0 aromatic carbocycles. The zero-order valence-corrected chi connectivity index (χ0v) is 12.0. The second-order valence-corrected chi connectivity index (χ2v) is 5.60. The van der Waals surface area contributed by atoms with E-state index in [9.17, 15) is 9.59 Å². The number of ketones is 1. The molecule has 5 nitrogen and oxygen atoms in total. The van der Waals surface area contributed by atoms with Crippen LogP contribution < -0.4 is 0 Å². The van der Waals surface area contributed by atoms with Gasteiger partial charge < -0.3 is 14.2 Å². The molecular weight excluding hydrogens is 248 g/mol. The summed E-state index contributed by atoms with van der Waals surface area (Å²) in [5.41, 5.74) is -1.88. The minimum atomic E-state index is -1.29. The fourth-order valence-corrected chi connectivity index (χ4v) is 3.42. The maximum atomic E-state index is 12.8. The third-order valence-electron chi connectivity index (χ3n) is 4.95. The summed E-state index contributed by atoms with van der Waals surface area (Å²) in [6.45, 7) is 3.51. The molecule has 3 aliphatic carbocycles. The number of allylic oxidation sites excluding steroid dienone is 1. The Balaban J connectivity index is 2.57. The third-order valence-corrected chi connectivity index (χ3v) is 4.95. The predicted molar refractivity (Wildman–Crippen MR) is 67.2 cm³/mol. The lowest BCUT2D eigenvalue weighted by atomic mass is 9.49. The molecule has 1 saturated carbocycles. The van der Waals surface area contributed by atoms with Crippen molar-refractivity contribution in [3.63, 3.8) is 0 Å². The van der Waals surface area contributed by atoms with E-state index in [4.69, 9.17) is 14.2 Å². The molecule has 0 N–H and O–H groups in total. The molecule has 0 radical (unpaired) electrons. The van der Waals surface area contributed by atoms with Crippen molar-refractivity contribution < 1.29 is 23.8 Å². The molecule has 2 bridgehead atoms. The molecule has 19 heavy (non-hydrogen) atoms. The van der Waals surface area contributed by atoms with E-state index in [1.54, 1.807) is 19.9 Å². The van der Waals surface area contributed by atoms with Crippen LogP contribution in [0.25, 0.3) is 0 Å². The lowest BCUT2D eigenvalue weighted by Crippen LogP contribution is -2.68. The SMILES string of the molecule is COC(=O)[C@@]1(C)C[C@H]2C=C[C@]1(C)C(=O)C2(OC)OC. The third kappa shape index (κ3) is 1.43. The Hall–Kier alpha value is -1.20. The van der Waals surface area contributed by atoms with Crippen LogP contribution in [0.2, 0.25) is 0 Å². The number of hydrogen-bond acceptors (Lipinski definition) is 5. The first-order valence-corrected chi connectivity index (χ1v) is 6.25. The Kier molecular flexibility index (Phi) is 3.10. The summed E-state index contributed by atoms with van der Waals surface area (Å²) in [6.07, 6.45) is 4.15. The summed E-state index contributed by atoms with van der Waals surface area (Å²) in [5, 5.41) is 0. The van der Waals surface area contributed by atoms with E-state index in [0.29, 0.717) is 6.42 Å². The molecule has 106 valence electrons. The number of rotatable bonds is 3. The molecule has 5 heteroatoms. The molecule has 3 aliphatic rings. The summed E-state index contributed by atoms with van der Waals surface area (Å²) in [5.74, 6) is -2.19. The molecule has 1 fully saturated rings. The van der Waals surface area contributed by atoms with Gasteiger partial charge in [-0.3, -0.25) is 9.59 Å². The Morgan fingerprint density at radius 3 is 2.32 bits per heavy atom. The quantitative estimate of drug-likeness (QED) is 0.439. The van der Waals surface area contributed by atoms with Crippen molar-refractivity contribution in [3.05, 3.63) is 12.2 Å². The van der Waals surface area contributed by atoms with Gasteiger partial charge in [-0.05, 0) is 20.3 Å². The largest absolute Gasteiger partial charge is 0.469 e. The molecule has 0 aliphatic heterocycles. The molecule has 0 spiro atoms. The maximum absolute atomic E-state index is 12.8. The zero-order valence-electron chi connectivity index (χ0n) is 12.0. The van der Waals surface area contributed by atoms with E-state index in [0.717, 1.165) is 0 Å². The van der Waals surface area contributed by atoms with Crippen molar-refractivity contribution in [1.29, 1.82) is 0 Å². The van der Waals surface area contributed by atoms with E-state index in [2.05, 4.69) is 0 Å².